The van der Waals surface area contributed by atoms with Gasteiger partial charge in [-0.2, -0.15) is 0 Å². The van der Waals surface area contributed by atoms with Gasteiger partial charge in [-0.25, -0.2) is 4.39 Å². The van der Waals surface area contributed by atoms with Crippen LogP contribution in [-0.4, -0.2) is 23.9 Å². The van der Waals surface area contributed by atoms with Crippen LogP contribution in [0.3, 0.4) is 0 Å². The lowest BCUT2D eigenvalue weighted by atomic mass is 9.90. The predicted octanol–water partition coefficient (Wildman–Crippen LogP) is 2.79. The summed E-state index contributed by atoms with van der Waals surface area (Å²) in [7, 11) is 0. The van der Waals surface area contributed by atoms with Gasteiger partial charge < -0.3 is 4.90 Å². The molecule has 1 saturated heterocycles. The summed E-state index contributed by atoms with van der Waals surface area (Å²) in [6.45, 7) is 5.11. The lowest BCUT2D eigenvalue weighted by molar-refractivity contribution is -0.127. The zero-order chi connectivity index (χ0) is 13.0. The molecule has 0 spiro atoms. The predicted molar refractivity (Wildman–Crippen MR) is 69.6 cm³/mol. The minimum absolute atomic E-state index is 0.0234. The summed E-state index contributed by atoms with van der Waals surface area (Å²) in [4.78, 5) is 13.3. The molecule has 0 aromatic heterocycles. The summed E-state index contributed by atoms with van der Waals surface area (Å²) < 4.78 is 12.8. The van der Waals surface area contributed by atoms with Gasteiger partial charge in [0.15, 0.2) is 0 Å². The normalized spacial score (nSPS) is 16.6. The second-order valence-electron chi connectivity index (χ2n) is 4.80. The number of hydrogen-bond acceptors (Lipinski definition) is 1. The van der Waals surface area contributed by atoms with Gasteiger partial charge in [0.05, 0.1) is 0 Å². The van der Waals surface area contributed by atoms with Gasteiger partial charge >= 0.3 is 0 Å². The Morgan fingerprint density at radius 1 is 1.33 bits per heavy atom. The van der Waals surface area contributed by atoms with Gasteiger partial charge in [-0.1, -0.05) is 18.7 Å². The molecule has 1 amide bonds. The first-order chi connectivity index (χ1) is 8.69. The van der Waals surface area contributed by atoms with Crippen molar-refractivity contribution in [2.45, 2.75) is 19.3 Å². The Morgan fingerprint density at radius 3 is 2.50 bits per heavy atom. The molecule has 1 aliphatic heterocycles. The molecule has 0 unspecified atom stereocenters. The zero-order valence-electron chi connectivity index (χ0n) is 10.4. The molecule has 0 aliphatic carbocycles. The Morgan fingerprint density at radius 2 is 1.94 bits per heavy atom. The molecule has 1 aromatic carbocycles. The maximum absolute atomic E-state index is 12.8. The van der Waals surface area contributed by atoms with Crippen LogP contribution in [0.25, 0.3) is 0 Å². The monoisotopic (exact) mass is 247 g/mol. The highest BCUT2D eigenvalue weighted by molar-refractivity contribution is 5.87. The smallest absolute Gasteiger partial charge is 0.245 e. The quantitative estimate of drug-likeness (QED) is 0.752. The minimum Gasteiger partial charge on any atom is -0.339 e. The summed E-state index contributed by atoms with van der Waals surface area (Å²) in [6.07, 6.45) is 4.37. The molecule has 1 fully saturated rings. The number of benzene rings is 1. The summed E-state index contributed by atoms with van der Waals surface area (Å²) in [5, 5.41) is 0. The number of hydrogen-bond donors (Lipinski definition) is 0. The first-order valence-electron chi connectivity index (χ1n) is 6.35. The van der Waals surface area contributed by atoms with E-state index in [0.29, 0.717) is 5.92 Å². The van der Waals surface area contributed by atoms with E-state index in [0.717, 1.165) is 32.4 Å². The SMILES string of the molecule is C=CC(=O)N1CCC(Cc2ccc(F)cc2)CC1. The number of rotatable bonds is 3. The number of likely N-dealkylation sites (tertiary alicyclic amines) is 1. The van der Waals surface area contributed by atoms with E-state index >= 15 is 0 Å². The fourth-order valence-electron chi connectivity index (χ4n) is 2.44. The van der Waals surface area contributed by atoms with Gasteiger partial charge in [0.25, 0.3) is 0 Å². The largest absolute Gasteiger partial charge is 0.339 e. The van der Waals surface area contributed by atoms with Crippen molar-refractivity contribution in [3.05, 3.63) is 48.3 Å². The fraction of sp³-hybridized carbons (Fsp3) is 0.400. The Labute approximate surface area is 107 Å². The Kier molecular flexibility index (Phi) is 4.13. The molecule has 2 rings (SSSR count). The molecule has 1 heterocycles. The summed E-state index contributed by atoms with van der Waals surface area (Å²) in [6, 6.07) is 6.70. The van der Waals surface area contributed by atoms with Crippen LogP contribution in [0.4, 0.5) is 4.39 Å². The molecule has 3 heteroatoms. The van der Waals surface area contributed by atoms with Crippen LogP contribution in [0.1, 0.15) is 18.4 Å². The van der Waals surface area contributed by atoms with E-state index in [4.69, 9.17) is 0 Å². The van der Waals surface area contributed by atoms with E-state index in [-0.39, 0.29) is 11.7 Å². The summed E-state index contributed by atoms with van der Waals surface area (Å²) >= 11 is 0. The van der Waals surface area contributed by atoms with Gasteiger partial charge in [0, 0.05) is 13.1 Å². The highest BCUT2D eigenvalue weighted by atomic mass is 19.1. The molecule has 2 nitrogen and oxygen atoms in total. The third kappa shape index (κ3) is 3.19. The van der Waals surface area contributed by atoms with E-state index < -0.39 is 0 Å². The average Bonchev–Trinajstić information content (AvgIpc) is 2.41. The number of carbonyl (C=O) groups excluding carboxylic acids is 1. The van der Waals surface area contributed by atoms with Gasteiger partial charge in [-0.3, -0.25) is 4.79 Å². The topological polar surface area (TPSA) is 20.3 Å². The van der Waals surface area contributed by atoms with Crippen molar-refractivity contribution in [1.29, 1.82) is 0 Å². The first kappa shape index (κ1) is 12.8. The fourth-order valence-corrected chi connectivity index (χ4v) is 2.44. The second kappa shape index (κ2) is 5.80. The molecular weight excluding hydrogens is 229 g/mol. The molecule has 96 valence electrons. The van der Waals surface area contributed by atoms with E-state index in [1.54, 1.807) is 0 Å². The van der Waals surface area contributed by atoms with Crippen LogP contribution < -0.4 is 0 Å². The van der Waals surface area contributed by atoms with Crippen molar-refractivity contribution >= 4 is 5.91 Å². The Balaban J connectivity index is 1.85. The number of carbonyl (C=O) groups is 1. The second-order valence-corrected chi connectivity index (χ2v) is 4.80. The lowest BCUT2D eigenvalue weighted by Gasteiger charge is -2.31. The molecule has 0 N–H and O–H groups in total. The van der Waals surface area contributed by atoms with Crippen molar-refractivity contribution in [3.63, 3.8) is 0 Å². The molecule has 0 atom stereocenters. The number of piperidine rings is 1. The Hall–Kier alpha value is -1.64. The molecule has 1 aromatic rings. The highest BCUT2D eigenvalue weighted by Crippen LogP contribution is 2.21. The summed E-state index contributed by atoms with van der Waals surface area (Å²) in [5.74, 6) is 0.421. The zero-order valence-corrected chi connectivity index (χ0v) is 10.4. The van der Waals surface area contributed by atoms with Crippen LogP contribution in [0.5, 0.6) is 0 Å². The summed E-state index contributed by atoms with van der Waals surface area (Å²) in [5.41, 5.74) is 1.17. The van der Waals surface area contributed by atoms with E-state index in [1.165, 1.54) is 23.8 Å². The molecule has 0 bridgehead atoms. The maximum atomic E-state index is 12.8. The minimum atomic E-state index is -0.190. The van der Waals surface area contributed by atoms with Crippen molar-refractivity contribution in [2.75, 3.05) is 13.1 Å². The molecule has 1 aliphatic rings. The number of nitrogens with zero attached hydrogens (tertiary/aromatic N) is 1. The number of halogens is 1. The van der Waals surface area contributed by atoms with E-state index in [9.17, 15) is 9.18 Å². The Bertz CT molecular complexity index is 419. The van der Waals surface area contributed by atoms with Gasteiger partial charge in [-0.15, -0.1) is 0 Å². The standard InChI is InChI=1S/C15H18FNO/c1-2-15(18)17-9-7-13(8-10-17)11-12-3-5-14(16)6-4-12/h2-6,13H,1,7-11H2. The van der Waals surface area contributed by atoms with Crippen molar-refractivity contribution in [1.82, 2.24) is 4.90 Å². The van der Waals surface area contributed by atoms with Crippen LogP contribution in [0.2, 0.25) is 0 Å². The van der Waals surface area contributed by atoms with Crippen molar-refractivity contribution in [3.8, 4) is 0 Å². The average molecular weight is 247 g/mol. The van der Waals surface area contributed by atoms with Gasteiger partial charge in [0.1, 0.15) is 5.82 Å². The van der Waals surface area contributed by atoms with Crippen molar-refractivity contribution < 1.29 is 9.18 Å². The molecule has 0 radical (unpaired) electrons. The maximum Gasteiger partial charge on any atom is 0.245 e. The number of amides is 1. The van der Waals surface area contributed by atoms with Gasteiger partial charge in [-0.05, 0) is 49.0 Å². The third-order valence-corrected chi connectivity index (χ3v) is 3.54. The molecular formula is C15H18FNO. The van der Waals surface area contributed by atoms with Crippen LogP contribution in [0, 0.1) is 11.7 Å². The first-order valence-corrected chi connectivity index (χ1v) is 6.35. The molecule has 18 heavy (non-hydrogen) atoms. The molecule has 0 saturated carbocycles. The lowest BCUT2D eigenvalue weighted by Crippen LogP contribution is -2.37. The van der Waals surface area contributed by atoms with E-state index in [1.807, 2.05) is 17.0 Å². The van der Waals surface area contributed by atoms with E-state index in [2.05, 4.69) is 6.58 Å². The van der Waals surface area contributed by atoms with Crippen molar-refractivity contribution in [2.24, 2.45) is 5.92 Å². The van der Waals surface area contributed by atoms with Crippen LogP contribution >= 0.6 is 0 Å². The van der Waals surface area contributed by atoms with Crippen LogP contribution in [-0.2, 0) is 11.2 Å². The highest BCUT2D eigenvalue weighted by Gasteiger charge is 2.21. The third-order valence-electron chi connectivity index (χ3n) is 3.54. The van der Waals surface area contributed by atoms with Gasteiger partial charge in [0.2, 0.25) is 5.91 Å². The van der Waals surface area contributed by atoms with Crippen LogP contribution in [0.15, 0.2) is 36.9 Å².